The molecule has 5 heteroatoms. The van der Waals surface area contributed by atoms with Gasteiger partial charge < -0.3 is 14.4 Å². The second-order valence-electron chi connectivity index (χ2n) is 7.31. The van der Waals surface area contributed by atoms with Gasteiger partial charge in [-0.05, 0) is 58.7 Å². The average molecular weight is 352 g/mol. The monoisotopic (exact) mass is 351 g/mol. The van der Waals surface area contributed by atoms with E-state index in [0.717, 1.165) is 24.3 Å². The number of nitrogens with zero attached hydrogens (tertiary/aromatic N) is 1. The molecular formula is C19H29NO3S. The smallest absolute Gasteiger partial charge is 0.233 e. The number of amides is 1. The molecule has 1 unspecified atom stereocenters. The summed E-state index contributed by atoms with van der Waals surface area (Å²) in [6, 6.07) is 8.11. The minimum absolute atomic E-state index is 0.0974. The maximum Gasteiger partial charge on any atom is 0.233 e. The summed E-state index contributed by atoms with van der Waals surface area (Å²) in [5, 5.41) is 0.0974. The van der Waals surface area contributed by atoms with Crippen LogP contribution in [0.5, 0.6) is 5.75 Å². The van der Waals surface area contributed by atoms with E-state index in [1.807, 2.05) is 51.7 Å². The van der Waals surface area contributed by atoms with Crippen LogP contribution in [0.25, 0.3) is 0 Å². The van der Waals surface area contributed by atoms with Gasteiger partial charge in [-0.2, -0.15) is 0 Å². The first-order valence-corrected chi connectivity index (χ1v) is 9.63. The van der Waals surface area contributed by atoms with Crippen molar-refractivity contribution in [3.05, 3.63) is 29.8 Å². The van der Waals surface area contributed by atoms with Crippen LogP contribution < -0.4 is 4.74 Å². The van der Waals surface area contributed by atoms with Crippen molar-refractivity contribution in [3.8, 4) is 5.75 Å². The predicted molar refractivity (Wildman–Crippen MR) is 99.4 cm³/mol. The number of carbonyl (C=O) groups excluding carboxylic acids is 1. The van der Waals surface area contributed by atoms with Crippen LogP contribution in [0.4, 0.5) is 0 Å². The molecule has 2 rings (SSSR count). The summed E-state index contributed by atoms with van der Waals surface area (Å²) in [5.41, 5.74) is 0.944. The minimum atomic E-state index is -0.206. The first-order chi connectivity index (χ1) is 11.3. The number of carbonyl (C=O) groups is 1. The van der Waals surface area contributed by atoms with Gasteiger partial charge in [0.25, 0.3) is 0 Å². The molecule has 1 aliphatic heterocycles. The largest absolute Gasteiger partial charge is 0.488 e. The summed E-state index contributed by atoms with van der Waals surface area (Å²) < 4.78 is 11.4. The van der Waals surface area contributed by atoms with Gasteiger partial charge in [0, 0.05) is 13.2 Å². The van der Waals surface area contributed by atoms with Crippen molar-refractivity contribution in [1.29, 1.82) is 0 Å². The van der Waals surface area contributed by atoms with Crippen molar-refractivity contribution in [2.24, 2.45) is 0 Å². The van der Waals surface area contributed by atoms with Crippen LogP contribution in [0.2, 0.25) is 0 Å². The third-order valence-electron chi connectivity index (χ3n) is 3.55. The van der Waals surface area contributed by atoms with Crippen molar-refractivity contribution >= 4 is 17.7 Å². The van der Waals surface area contributed by atoms with E-state index in [9.17, 15) is 4.79 Å². The Hall–Kier alpha value is -1.20. The molecule has 0 saturated carbocycles. The zero-order valence-corrected chi connectivity index (χ0v) is 16.2. The van der Waals surface area contributed by atoms with Crippen LogP contribution >= 0.6 is 11.8 Å². The Bertz CT molecular complexity index is 537. The highest BCUT2D eigenvalue weighted by molar-refractivity contribution is 8.00. The Morgan fingerprint density at radius 2 is 1.92 bits per heavy atom. The van der Waals surface area contributed by atoms with Gasteiger partial charge in [-0.25, -0.2) is 0 Å². The molecule has 1 aromatic carbocycles. The zero-order valence-electron chi connectivity index (χ0n) is 15.4. The third-order valence-corrected chi connectivity index (χ3v) is 4.81. The van der Waals surface area contributed by atoms with Gasteiger partial charge in [0.15, 0.2) is 0 Å². The van der Waals surface area contributed by atoms with Crippen molar-refractivity contribution in [1.82, 2.24) is 4.90 Å². The van der Waals surface area contributed by atoms with Crippen LogP contribution in [0.3, 0.4) is 0 Å². The molecule has 0 aromatic heterocycles. The standard InChI is InChI=1S/C19H29NO3S/c1-14(2)22-12-6-11-20-17(21)13-24-18(20)15-7-9-16(10-8-15)23-19(3,4)5/h7-10,14,18H,6,11-13H2,1-5H3. The molecule has 1 aromatic rings. The molecule has 1 fully saturated rings. The van der Waals surface area contributed by atoms with E-state index >= 15 is 0 Å². The van der Waals surface area contributed by atoms with Gasteiger partial charge >= 0.3 is 0 Å². The van der Waals surface area contributed by atoms with Gasteiger partial charge in [0.2, 0.25) is 5.91 Å². The molecule has 1 atom stereocenters. The fourth-order valence-electron chi connectivity index (χ4n) is 2.58. The van der Waals surface area contributed by atoms with Crippen LogP contribution in [0.15, 0.2) is 24.3 Å². The highest BCUT2D eigenvalue weighted by Crippen LogP contribution is 2.39. The minimum Gasteiger partial charge on any atom is -0.488 e. The Kier molecular flexibility index (Phi) is 6.58. The summed E-state index contributed by atoms with van der Waals surface area (Å²) in [6.45, 7) is 11.6. The molecule has 1 heterocycles. The number of thioether (sulfide) groups is 1. The lowest BCUT2D eigenvalue weighted by Gasteiger charge is -2.25. The molecular weight excluding hydrogens is 322 g/mol. The van der Waals surface area contributed by atoms with Gasteiger partial charge in [0.1, 0.15) is 16.7 Å². The topological polar surface area (TPSA) is 38.8 Å². The maximum absolute atomic E-state index is 12.2. The Morgan fingerprint density at radius 1 is 1.25 bits per heavy atom. The number of hydrogen-bond acceptors (Lipinski definition) is 4. The lowest BCUT2D eigenvalue weighted by atomic mass is 10.1. The van der Waals surface area contributed by atoms with E-state index < -0.39 is 0 Å². The molecule has 134 valence electrons. The molecule has 4 nitrogen and oxygen atoms in total. The lowest BCUT2D eigenvalue weighted by molar-refractivity contribution is -0.128. The van der Waals surface area contributed by atoms with Gasteiger partial charge in [-0.1, -0.05) is 12.1 Å². The first kappa shape index (κ1) is 19.1. The summed E-state index contributed by atoms with van der Waals surface area (Å²) in [6.07, 6.45) is 1.10. The van der Waals surface area contributed by atoms with Gasteiger partial charge in [0.05, 0.1) is 11.9 Å². The van der Waals surface area contributed by atoms with E-state index in [0.29, 0.717) is 12.4 Å². The number of benzene rings is 1. The molecule has 0 N–H and O–H groups in total. The quantitative estimate of drug-likeness (QED) is 0.688. The molecule has 0 spiro atoms. The SMILES string of the molecule is CC(C)OCCCN1C(=O)CSC1c1ccc(OC(C)(C)C)cc1. The normalized spacial score (nSPS) is 18.5. The van der Waals surface area contributed by atoms with E-state index in [2.05, 4.69) is 12.1 Å². The van der Waals surface area contributed by atoms with Crippen molar-refractivity contribution in [2.75, 3.05) is 18.9 Å². The van der Waals surface area contributed by atoms with Crippen molar-refractivity contribution in [2.45, 2.75) is 58.1 Å². The first-order valence-electron chi connectivity index (χ1n) is 8.58. The number of hydrogen-bond donors (Lipinski definition) is 0. The Labute approximate surface area is 149 Å². The van der Waals surface area contributed by atoms with E-state index in [1.165, 1.54) is 0 Å². The average Bonchev–Trinajstić information content (AvgIpc) is 2.84. The lowest BCUT2D eigenvalue weighted by Crippen LogP contribution is -2.30. The van der Waals surface area contributed by atoms with Crippen LogP contribution in [-0.4, -0.2) is 41.4 Å². The molecule has 1 saturated heterocycles. The van der Waals surface area contributed by atoms with Gasteiger partial charge in [-0.3, -0.25) is 4.79 Å². The highest BCUT2D eigenvalue weighted by Gasteiger charge is 2.32. The second kappa shape index (κ2) is 8.26. The number of rotatable bonds is 7. The summed E-state index contributed by atoms with van der Waals surface area (Å²) in [5.74, 6) is 1.62. The van der Waals surface area contributed by atoms with Crippen LogP contribution in [0.1, 0.15) is 52.0 Å². The van der Waals surface area contributed by atoms with E-state index in [1.54, 1.807) is 11.8 Å². The van der Waals surface area contributed by atoms with E-state index in [4.69, 9.17) is 9.47 Å². The maximum atomic E-state index is 12.2. The molecule has 0 radical (unpaired) electrons. The number of ether oxygens (including phenoxy) is 2. The third kappa shape index (κ3) is 5.71. The predicted octanol–water partition coefficient (Wildman–Crippen LogP) is 4.25. The summed E-state index contributed by atoms with van der Waals surface area (Å²) >= 11 is 1.69. The van der Waals surface area contributed by atoms with Crippen molar-refractivity contribution in [3.63, 3.8) is 0 Å². The van der Waals surface area contributed by atoms with E-state index in [-0.39, 0.29) is 23.0 Å². The Morgan fingerprint density at radius 3 is 2.50 bits per heavy atom. The fourth-order valence-corrected chi connectivity index (χ4v) is 3.80. The molecule has 1 amide bonds. The molecule has 0 bridgehead atoms. The summed E-state index contributed by atoms with van der Waals surface area (Å²) in [4.78, 5) is 14.1. The molecule has 1 aliphatic rings. The summed E-state index contributed by atoms with van der Waals surface area (Å²) in [7, 11) is 0. The molecule has 24 heavy (non-hydrogen) atoms. The fraction of sp³-hybridized carbons (Fsp3) is 0.632. The second-order valence-corrected chi connectivity index (χ2v) is 8.38. The van der Waals surface area contributed by atoms with Crippen molar-refractivity contribution < 1.29 is 14.3 Å². The zero-order chi connectivity index (χ0) is 17.7. The van der Waals surface area contributed by atoms with Crippen LogP contribution in [-0.2, 0) is 9.53 Å². The molecule has 0 aliphatic carbocycles. The van der Waals surface area contributed by atoms with Gasteiger partial charge in [-0.15, -0.1) is 11.8 Å². The Balaban J connectivity index is 1.97. The highest BCUT2D eigenvalue weighted by atomic mass is 32.2. The van der Waals surface area contributed by atoms with Crippen LogP contribution in [0, 0.1) is 0 Å².